The molecule has 2 N–H and O–H groups in total. The minimum Gasteiger partial charge on any atom is -0.480 e. The zero-order valence-corrected chi connectivity index (χ0v) is 11.0. The highest BCUT2D eigenvalue weighted by Gasteiger charge is 2.10. The lowest BCUT2D eigenvalue weighted by Gasteiger charge is -2.09. The van der Waals surface area contributed by atoms with Crippen molar-refractivity contribution in [3.63, 3.8) is 0 Å². The largest absolute Gasteiger partial charge is 0.480 e. The van der Waals surface area contributed by atoms with E-state index in [9.17, 15) is 9.59 Å². The highest BCUT2D eigenvalue weighted by atomic mass is 16.5. The maximum absolute atomic E-state index is 11.6. The number of carboxylic acid groups (broad SMARTS) is 1. The molecule has 1 aromatic heterocycles. The summed E-state index contributed by atoms with van der Waals surface area (Å²) in [7, 11) is 1.59. The maximum atomic E-state index is 11.6. The van der Waals surface area contributed by atoms with E-state index >= 15 is 0 Å². The second-order valence-corrected chi connectivity index (χ2v) is 4.34. The van der Waals surface area contributed by atoms with Crippen LogP contribution in [0.5, 0.6) is 0 Å². The predicted octanol–water partition coefficient (Wildman–Crippen LogP) is -0.348. The fourth-order valence-electron chi connectivity index (χ4n) is 1.56. The van der Waals surface area contributed by atoms with Gasteiger partial charge < -0.3 is 15.2 Å². The first kappa shape index (κ1) is 15.1. The third kappa shape index (κ3) is 5.96. The normalized spacial score (nSPS) is 12.1. The summed E-state index contributed by atoms with van der Waals surface area (Å²) in [5.74, 6) is -0.945. The van der Waals surface area contributed by atoms with Gasteiger partial charge in [0.15, 0.2) is 0 Å². The van der Waals surface area contributed by atoms with Crippen LogP contribution in [0.25, 0.3) is 0 Å². The monoisotopic (exact) mass is 270 g/mol. The minimum atomic E-state index is -0.992. The Morgan fingerprint density at radius 1 is 1.58 bits per heavy atom. The molecule has 1 amide bonds. The third-order valence-electron chi connectivity index (χ3n) is 2.34. The SMILES string of the molecule is COCC(C)CC(=O)NCc1cn(CC(=O)O)nn1. The number of nitrogens with one attached hydrogen (secondary N) is 1. The number of ether oxygens (including phenoxy) is 1. The molecule has 1 rings (SSSR count). The molecule has 0 radical (unpaired) electrons. The van der Waals surface area contributed by atoms with Crippen molar-refractivity contribution < 1.29 is 19.4 Å². The number of hydrogen-bond acceptors (Lipinski definition) is 5. The molecule has 0 aliphatic rings. The van der Waals surface area contributed by atoms with E-state index in [4.69, 9.17) is 9.84 Å². The van der Waals surface area contributed by atoms with Crippen LogP contribution in [-0.4, -0.2) is 45.7 Å². The molecule has 0 aliphatic carbocycles. The standard InChI is InChI=1S/C11H18N4O4/c1-8(7-19-2)3-10(16)12-4-9-5-15(14-13-9)6-11(17)18/h5,8H,3-4,6-7H2,1-2H3,(H,12,16)(H,17,18). The van der Waals surface area contributed by atoms with Gasteiger partial charge in [0.25, 0.3) is 0 Å². The van der Waals surface area contributed by atoms with Crippen LogP contribution in [0.2, 0.25) is 0 Å². The molecule has 19 heavy (non-hydrogen) atoms. The number of carboxylic acids is 1. The smallest absolute Gasteiger partial charge is 0.325 e. The van der Waals surface area contributed by atoms with E-state index in [-0.39, 0.29) is 24.9 Å². The van der Waals surface area contributed by atoms with E-state index in [2.05, 4.69) is 15.6 Å². The minimum absolute atomic E-state index is 0.0997. The highest BCUT2D eigenvalue weighted by Crippen LogP contribution is 2.02. The highest BCUT2D eigenvalue weighted by molar-refractivity contribution is 5.76. The fourth-order valence-corrected chi connectivity index (χ4v) is 1.56. The molecule has 106 valence electrons. The molecule has 0 saturated heterocycles. The average Bonchev–Trinajstić information content (AvgIpc) is 2.73. The number of aromatic nitrogens is 3. The summed E-state index contributed by atoms with van der Waals surface area (Å²) in [4.78, 5) is 22.0. The summed E-state index contributed by atoms with van der Waals surface area (Å²) in [5, 5.41) is 18.7. The average molecular weight is 270 g/mol. The van der Waals surface area contributed by atoms with Gasteiger partial charge in [0, 0.05) is 20.1 Å². The quantitative estimate of drug-likeness (QED) is 0.669. The zero-order valence-electron chi connectivity index (χ0n) is 11.0. The molecular formula is C11H18N4O4. The molecule has 1 heterocycles. The molecule has 1 atom stereocenters. The van der Waals surface area contributed by atoms with Gasteiger partial charge in [0.05, 0.1) is 12.7 Å². The van der Waals surface area contributed by atoms with Crippen LogP contribution >= 0.6 is 0 Å². The number of aliphatic carboxylic acids is 1. The number of carbonyl (C=O) groups excluding carboxylic acids is 1. The van der Waals surface area contributed by atoms with Crippen LogP contribution in [0.3, 0.4) is 0 Å². The number of hydrogen-bond donors (Lipinski definition) is 2. The Balaban J connectivity index is 2.33. The van der Waals surface area contributed by atoms with Gasteiger partial charge in [-0.3, -0.25) is 9.59 Å². The van der Waals surface area contributed by atoms with E-state index in [0.717, 1.165) is 0 Å². The van der Waals surface area contributed by atoms with Crippen molar-refractivity contribution in [2.45, 2.75) is 26.4 Å². The molecule has 8 heteroatoms. The number of amides is 1. The van der Waals surface area contributed by atoms with Gasteiger partial charge >= 0.3 is 5.97 Å². The van der Waals surface area contributed by atoms with Gasteiger partial charge in [-0.25, -0.2) is 4.68 Å². The van der Waals surface area contributed by atoms with Crippen molar-refractivity contribution in [1.82, 2.24) is 20.3 Å². The summed E-state index contributed by atoms with van der Waals surface area (Å²) >= 11 is 0. The van der Waals surface area contributed by atoms with E-state index < -0.39 is 5.97 Å². The first-order valence-electron chi connectivity index (χ1n) is 5.87. The predicted molar refractivity (Wildman–Crippen MR) is 65.2 cm³/mol. The second kappa shape index (κ2) is 7.47. The number of rotatable bonds is 8. The van der Waals surface area contributed by atoms with E-state index in [1.165, 1.54) is 10.9 Å². The third-order valence-corrected chi connectivity index (χ3v) is 2.34. The number of nitrogens with zero attached hydrogens (tertiary/aromatic N) is 3. The first-order valence-corrected chi connectivity index (χ1v) is 5.87. The van der Waals surface area contributed by atoms with Crippen molar-refractivity contribution in [3.8, 4) is 0 Å². The van der Waals surface area contributed by atoms with Gasteiger partial charge in [0.1, 0.15) is 12.2 Å². The van der Waals surface area contributed by atoms with Gasteiger partial charge in [0.2, 0.25) is 5.91 Å². The molecule has 0 fully saturated rings. The van der Waals surface area contributed by atoms with Crippen molar-refractivity contribution in [2.24, 2.45) is 5.92 Å². The van der Waals surface area contributed by atoms with Crippen molar-refractivity contribution in [3.05, 3.63) is 11.9 Å². The lowest BCUT2D eigenvalue weighted by Crippen LogP contribution is -2.25. The number of methoxy groups -OCH3 is 1. The van der Waals surface area contributed by atoms with Gasteiger partial charge in [-0.15, -0.1) is 5.10 Å². The summed E-state index contributed by atoms with van der Waals surface area (Å²) in [6.45, 7) is 2.44. The Labute approximate surface area is 110 Å². The van der Waals surface area contributed by atoms with Gasteiger partial charge in [-0.1, -0.05) is 12.1 Å². The zero-order chi connectivity index (χ0) is 14.3. The van der Waals surface area contributed by atoms with E-state index in [1.54, 1.807) is 7.11 Å². The van der Waals surface area contributed by atoms with Crippen LogP contribution in [0.15, 0.2) is 6.20 Å². The molecule has 1 aromatic rings. The molecular weight excluding hydrogens is 252 g/mol. The fraction of sp³-hybridized carbons (Fsp3) is 0.636. The van der Waals surface area contributed by atoms with E-state index in [0.29, 0.717) is 18.7 Å². The first-order chi connectivity index (χ1) is 9.01. The lowest BCUT2D eigenvalue weighted by atomic mass is 10.1. The van der Waals surface area contributed by atoms with Crippen LogP contribution in [0.4, 0.5) is 0 Å². The Morgan fingerprint density at radius 2 is 2.32 bits per heavy atom. The van der Waals surface area contributed by atoms with Gasteiger partial charge in [-0.2, -0.15) is 0 Å². The second-order valence-electron chi connectivity index (χ2n) is 4.34. The summed E-state index contributed by atoms with van der Waals surface area (Å²) in [5.41, 5.74) is 0.522. The Bertz CT molecular complexity index is 432. The topological polar surface area (TPSA) is 106 Å². The van der Waals surface area contributed by atoms with Crippen LogP contribution in [0, 0.1) is 5.92 Å². The van der Waals surface area contributed by atoms with Crippen LogP contribution < -0.4 is 5.32 Å². The van der Waals surface area contributed by atoms with Crippen molar-refractivity contribution in [1.29, 1.82) is 0 Å². The summed E-state index contributed by atoms with van der Waals surface area (Å²) in [6.07, 6.45) is 1.87. The Kier molecular flexibility index (Phi) is 5.94. The van der Waals surface area contributed by atoms with E-state index in [1.807, 2.05) is 6.92 Å². The number of carbonyl (C=O) groups is 2. The molecule has 0 spiro atoms. The van der Waals surface area contributed by atoms with Crippen molar-refractivity contribution in [2.75, 3.05) is 13.7 Å². The molecule has 8 nitrogen and oxygen atoms in total. The summed E-state index contributed by atoms with van der Waals surface area (Å²) in [6, 6.07) is 0. The molecule has 0 aliphatic heterocycles. The maximum Gasteiger partial charge on any atom is 0.325 e. The summed E-state index contributed by atoms with van der Waals surface area (Å²) < 4.78 is 6.15. The van der Waals surface area contributed by atoms with Crippen LogP contribution in [-0.2, 0) is 27.4 Å². The van der Waals surface area contributed by atoms with Crippen LogP contribution in [0.1, 0.15) is 19.0 Å². The lowest BCUT2D eigenvalue weighted by molar-refractivity contribution is -0.138. The molecule has 0 bridgehead atoms. The van der Waals surface area contributed by atoms with Gasteiger partial charge in [-0.05, 0) is 5.92 Å². The Morgan fingerprint density at radius 3 is 2.95 bits per heavy atom. The Hall–Kier alpha value is -1.96. The van der Waals surface area contributed by atoms with Crippen molar-refractivity contribution >= 4 is 11.9 Å². The molecule has 0 aromatic carbocycles. The molecule has 0 saturated carbocycles. The molecule has 1 unspecified atom stereocenters.